The molecule has 0 saturated heterocycles. The average Bonchev–Trinajstić information content (AvgIpc) is 2.58. The van der Waals surface area contributed by atoms with Gasteiger partial charge in [0.25, 0.3) is 0 Å². The maximum absolute atomic E-state index is 13.5. The molecule has 0 unspecified atom stereocenters. The van der Waals surface area contributed by atoms with Gasteiger partial charge in [-0.25, -0.2) is 9.18 Å². The Kier molecular flexibility index (Phi) is 2.44. The van der Waals surface area contributed by atoms with E-state index >= 15 is 0 Å². The highest BCUT2D eigenvalue weighted by molar-refractivity contribution is 5.90. The Balaban J connectivity index is 2.50. The van der Waals surface area contributed by atoms with Gasteiger partial charge in [-0.15, -0.1) is 0 Å². The summed E-state index contributed by atoms with van der Waals surface area (Å²) in [5.41, 5.74) is 7.55. The van der Waals surface area contributed by atoms with Crippen molar-refractivity contribution in [3.05, 3.63) is 34.6 Å². The van der Waals surface area contributed by atoms with E-state index in [0.29, 0.717) is 0 Å². The number of halogens is 1. The van der Waals surface area contributed by atoms with Crippen LogP contribution in [0.3, 0.4) is 0 Å². The number of rotatable bonds is 1. The van der Waals surface area contributed by atoms with Crippen molar-refractivity contribution in [2.45, 2.75) is 18.9 Å². The number of hydrogen-bond donors (Lipinski definition) is 1. The van der Waals surface area contributed by atoms with Gasteiger partial charge in [0.15, 0.2) is 0 Å². The van der Waals surface area contributed by atoms with Crippen molar-refractivity contribution < 1.29 is 13.9 Å². The molecule has 1 aromatic rings. The molecule has 2 rings (SSSR count). The summed E-state index contributed by atoms with van der Waals surface area (Å²) in [5.74, 6) is -1.19. The maximum atomic E-state index is 13.5. The third-order valence-electron chi connectivity index (χ3n) is 2.76. The van der Waals surface area contributed by atoms with Gasteiger partial charge in [0, 0.05) is 6.04 Å². The van der Waals surface area contributed by atoms with E-state index in [9.17, 15) is 9.18 Å². The number of esters is 1. The van der Waals surface area contributed by atoms with Crippen LogP contribution in [0.1, 0.15) is 33.9 Å². The molecule has 0 spiro atoms. The molecule has 0 aliphatic heterocycles. The zero-order chi connectivity index (χ0) is 11.0. The van der Waals surface area contributed by atoms with E-state index in [1.165, 1.54) is 19.2 Å². The van der Waals surface area contributed by atoms with Crippen LogP contribution < -0.4 is 5.73 Å². The molecule has 1 aliphatic rings. The molecule has 1 atom stereocenters. The fourth-order valence-electron chi connectivity index (χ4n) is 1.93. The normalized spacial score (nSPS) is 18.7. The van der Waals surface area contributed by atoms with Crippen LogP contribution in [0.4, 0.5) is 4.39 Å². The first kappa shape index (κ1) is 10.1. The minimum absolute atomic E-state index is 0.0337. The van der Waals surface area contributed by atoms with E-state index in [1.807, 2.05) is 0 Å². The Hall–Kier alpha value is -1.42. The molecular formula is C11H12FNO2. The molecule has 0 bridgehead atoms. The van der Waals surface area contributed by atoms with Crippen molar-refractivity contribution in [1.29, 1.82) is 0 Å². The number of nitrogens with two attached hydrogens (primary N) is 1. The predicted octanol–water partition coefficient (Wildman–Crippen LogP) is 1.56. The lowest BCUT2D eigenvalue weighted by Gasteiger charge is -2.07. The van der Waals surface area contributed by atoms with E-state index in [-0.39, 0.29) is 11.6 Å². The van der Waals surface area contributed by atoms with E-state index in [4.69, 9.17) is 5.73 Å². The minimum Gasteiger partial charge on any atom is -0.465 e. The lowest BCUT2D eigenvalue weighted by atomic mass is 10.0. The van der Waals surface area contributed by atoms with Crippen molar-refractivity contribution in [2.75, 3.05) is 7.11 Å². The lowest BCUT2D eigenvalue weighted by Crippen LogP contribution is -2.09. The molecule has 0 fully saturated rings. The summed E-state index contributed by atoms with van der Waals surface area (Å²) in [6, 6.07) is 2.80. The van der Waals surface area contributed by atoms with Gasteiger partial charge in [-0.05, 0) is 36.1 Å². The molecule has 15 heavy (non-hydrogen) atoms. The van der Waals surface area contributed by atoms with Gasteiger partial charge in [0.2, 0.25) is 0 Å². The summed E-state index contributed by atoms with van der Waals surface area (Å²) in [6.07, 6.45) is 1.58. The molecular weight excluding hydrogens is 197 g/mol. The number of hydrogen-bond acceptors (Lipinski definition) is 3. The molecule has 0 radical (unpaired) electrons. The molecule has 0 saturated carbocycles. The number of fused-ring (bicyclic) bond motifs is 1. The topological polar surface area (TPSA) is 52.3 Å². The molecule has 0 heterocycles. The Morgan fingerprint density at radius 1 is 1.60 bits per heavy atom. The standard InChI is InChI=1S/C11H12FNO2/c1-15-11(14)8-5-7-6(4-9(8)12)2-3-10(7)13/h4-5,10H,2-3,13H2,1H3/t10-/m1/s1. The van der Waals surface area contributed by atoms with Crippen LogP contribution in [-0.2, 0) is 11.2 Å². The van der Waals surface area contributed by atoms with Crippen LogP contribution in [0.2, 0.25) is 0 Å². The van der Waals surface area contributed by atoms with Crippen LogP contribution in [0.25, 0.3) is 0 Å². The second kappa shape index (κ2) is 3.62. The number of benzene rings is 1. The number of aryl methyl sites for hydroxylation is 1. The molecule has 3 nitrogen and oxygen atoms in total. The lowest BCUT2D eigenvalue weighted by molar-refractivity contribution is 0.0595. The molecule has 2 N–H and O–H groups in total. The van der Waals surface area contributed by atoms with Gasteiger partial charge in [-0.3, -0.25) is 0 Å². The fraction of sp³-hybridized carbons (Fsp3) is 0.364. The molecule has 1 aromatic carbocycles. The SMILES string of the molecule is COC(=O)c1cc2c(cc1F)CC[C@H]2N. The van der Waals surface area contributed by atoms with Gasteiger partial charge >= 0.3 is 5.97 Å². The van der Waals surface area contributed by atoms with Crippen LogP contribution >= 0.6 is 0 Å². The first-order valence-corrected chi connectivity index (χ1v) is 4.79. The van der Waals surface area contributed by atoms with Gasteiger partial charge in [0.1, 0.15) is 5.82 Å². The number of methoxy groups -OCH3 is 1. The van der Waals surface area contributed by atoms with Crippen molar-refractivity contribution in [1.82, 2.24) is 0 Å². The van der Waals surface area contributed by atoms with Crippen molar-refractivity contribution in [3.63, 3.8) is 0 Å². The summed E-state index contributed by atoms with van der Waals surface area (Å²) < 4.78 is 18.0. The van der Waals surface area contributed by atoms with Gasteiger partial charge in [-0.1, -0.05) is 0 Å². The Morgan fingerprint density at radius 3 is 3.00 bits per heavy atom. The maximum Gasteiger partial charge on any atom is 0.340 e. The highest BCUT2D eigenvalue weighted by Gasteiger charge is 2.23. The average molecular weight is 209 g/mol. The summed E-state index contributed by atoms with van der Waals surface area (Å²) in [6.45, 7) is 0. The number of ether oxygens (including phenoxy) is 1. The van der Waals surface area contributed by atoms with Crippen molar-refractivity contribution in [3.8, 4) is 0 Å². The zero-order valence-corrected chi connectivity index (χ0v) is 8.42. The van der Waals surface area contributed by atoms with Crippen LogP contribution in [0.15, 0.2) is 12.1 Å². The Bertz CT molecular complexity index is 417. The van der Waals surface area contributed by atoms with E-state index in [0.717, 1.165) is 24.0 Å². The molecule has 1 aliphatic carbocycles. The monoisotopic (exact) mass is 209 g/mol. The van der Waals surface area contributed by atoms with E-state index < -0.39 is 11.8 Å². The van der Waals surface area contributed by atoms with Crippen LogP contribution in [0, 0.1) is 5.82 Å². The van der Waals surface area contributed by atoms with E-state index in [2.05, 4.69) is 4.74 Å². The van der Waals surface area contributed by atoms with Gasteiger partial charge in [0.05, 0.1) is 12.7 Å². The fourth-order valence-corrected chi connectivity index (χ4v) is 1.93. The Morgan fingerprint density at radius 2 is 2.33 bits per heavy atom. The summed E-state index contributed by atoms with van der Waals surface area (Å²) >= 11 is 0. The van der Waals surface area contributed by atoms with Crippen molar-refractivity contribution >= 4 is 5.97 Å². The molecule has 0 amide bonds. The molecule has 80 valence electrons. The third-order valence-corrected chi connectivity index (χ3v) is 2.76. The second-order valence-electron chi connectivity index (χ2n) is 3.67. The quantitative estimate of drug-likeness (QED) is 0.714. The highest BCUT2D eigenvalue weighted by atomic mass is 19.1. The number of carbonyl (C=O) groups excluding carboxylic acids is 1. The smallest absolute Gasteiger partial charge is 0.340 e. The molecule has 4 heteroatoms. The zero-order valence-electron chi connectivity index (χ0n) is 8.42. The second-order valence-corrected chi connectivity index (χ2v) is 3.67. The van der Waals surface area contributed by atoms with Crippen LogP contribution in [0.5, 0.6) is 0 Å². The first-order chi connectivity index (χ1) is 7.13. The Labute approximate surface area is 87.0 Å². The highest BCUT2D eigenvalue weighted by Crippen LogP contribution is 2.31. The minimum atomic E-state index is -0.658. The van der Waals surface area contributed by atoms with Gasteiger partial charge in [-0.2, -0.15) is 0 Å². The predicted molar refractivity (Wildman–Crippen MR) is 53.0 cm³/mol. The summed E-state index contributed by atoms with van der Waals surface area (Å²) in [7, 11) is 1.23. The van der Waals surface area contributed by atoms with Crippen LogP contribution in [-0.4, -0.2) is 13.1 Å². The van der Waals surface area contributed by atoms with Gasteiger partial charge < -0.3 is 10.5 Å². The number of carbonyl (C=O) groups is 1. The third kappa shape index (κ3) is 1.61. The summed E-state index contributed by atoms with van der Waals surface area (Å²) in [5, 5.41) is 0. The van der Waals surface area contributed by atoms with Crippen molar-refractivity contribution in [2.24, 2.45) is 5.73 Å². The molecule has 0 aromatic heterocycles. The van der Waals surface area contributed by atoms with E-state index in [1.54, 1.807) is 0 Å². The summed E-state index contributed by atoms with van der Waals surface area (Å²) in [4.78, 5) is 11.2. The largest absolute Gasteiger partial charge is 0.465 e. The first-order valence-electron chi connectivity index (χ1n) is 4.79.